The van der Waals surface area contributed by atoms with E-state index in [9.17, 15) is 9.59 Å². The predicted molar refractivity (Wildman–Crippen MR) is 92.9 cm³/mol. The van der Waals surface area contributed by atoms with Gasteiger partial charge in [-0.25, -0.2) is 0 Å². The lowest BCUT2D eigenvalue weighted by molar-refractivity contribution is -0.126. The zero-order valence-corrected chi connectivity index (χ0v) is 14.4. The van der Waals surface area contributed by atoms with Crippen molar-refractivity contribution in [3.05, 3.63) is 36.7 Å². The molecule has 0 spiro atoms. The summed E-state index contributed by atoms with van der Waals surface area (Å²) < 4.78 is 12.4. The van der Waals surface area contributed by atoms with Gasteiger partial charge in [0.05, 0.1) is 12.5 Å². The Bertz CT molecular complexity index is 821. The molecule has 0 radical (unpaired) electrons. The summed E-state index contributed by atoms with van der Waals surface area (Å²) >= 11 is 0. The molecule has 2 aliphatic heterocycles. The van der Waals surface area contributed by atoms with Crippen LogP contribution in [0.1, 0.15) is 13.3 Å². The van der Waals surface area contributed by atoms with Gasteiger partial charge in [0, 0.05) is 43.2 Å². The average Bonchev–Trinajstić information content (AvgIpc) is 3.34. The van der Waals surface area contributed by atoms with E-state index >= 15 is 0 Å². The first-order valence-corrected chi connectivity index (χ1v) is 8.58. The van der Waals surface area contributed by atoms with Gasteiger partial charge >= 0.3 is 0 Å². The number of fused-ring (bicyclic) bond motifs is 1. The minimum absolute atomic E-state index is 0.0660. The number of nitrogens with zero attached hydrogens (tertiary/aromatic N) is 3. The number of carbonyl (C=O) groups is 2. The van der Waals surface area contributed by atoms with Crippen LogP contribution in [0.4, 0.5) is 5.69 Å². The molecule has 2 aromatic rings. The highest BCUT2D eigenvalue weighted by molar-refractivity contribution is 6.00. The lowest BCUT2D eigenvalue weighted by atomic mass is 10.1. The molecule has 1 aromatic carbocycles. The molecule has 4 rings (SSSR count). The van der Waals surface area contributed by atoms with E-state index in [-0.39, 0.29) is 37.0 Å². The third-order valence-corrected chi connectivity index (χ3v) is 4.57. The number of carbonyl (C=O) groups excluding carboxylic acids is 2. The van der Waals surface area contributed by atoms with Crippen LogP contribution in [-0.2, 0) is 16.1 Å². The fraction of sp³-hybridized carbons (Fsp3) is 0.389. The van der Waals surface area contributed by atoms with E-state index in [0.29, 0.717) is 24.6 Å². The van der Waals surface area contributed by atoms with Crippen LogP contribution in [0.3, 0.4) is 0 Å². The van der Waals surface area contributed by atoms with E-state index in [0.717, 1.165) is 5.69 Å². The second kappa shape index (κ2) is 6.70. The maximum absolute atomic E-state index is 12.5. The maximum atomic E-state index is 12.5. The number of nitrogens with one attached hydrogen (secondary N) is 1. The largest absolute Gasteiger partial charge is 0.454 e. The lowest BCUT2D eigenvalue weighted by Crippen LogP contribution is -2.40. The minimum atomic E-state index is -0.368. The Balaban J connectivity index is 1.38. The zero-order valence-electron chi connectivity index (χ0n) is 14.4. The van der Waals surface area contributed by atoms with Crippen molar-refractivity contribution in [1.29, 1.82) is 0 Å². The molecule has 26 heavy (non-hydrogen) atoms. The summed E-state index contributed by atoms with van der Waals surface area (Å²) in [5.41, 5.74) is 0.721. The molecule has 1 aromatic heterocycles. The molecule has 1 fully saturated rings. The summed E-state index contributed by atoms with van der Waals surface area (Å²) in [6.45, 7) is 3.06. The highest BCUT2D eigenvalue weighted by atomic mass is 16.7. The van der Waals surface area contributed by atoms with Crippen LogP contribution in [0.2, 0.25) is 0 Å². The molecule has 2 amide bonds. The number of rotatable bonds is 5. The second-order valence-electron chi connectivity index (χ2n) is 6.58. The molecular formula is C18H20N4O4. The molecular weight excluding hydrogens is 336 g/mol. The first kappa shape index (κ1) is 16.4. The molecule has 2 unspecified atom stereocenters. The first-order chi connectivity index (χ1) is 12.6. The van der Waals surface area contributed by atoms with E-state index in [1.807, 2.05) is 25.3 Å². The Kier molecular flexibility index (Phi) is 4.24. The fourth-order valence-electron chi connectivity index (χ4n) is 3.28. The van der Waals surface area contributed by atoms with Crippen LogP contribution in [0, 0.1) is 5.92 Å². The second-order valence-corrected chi connectivity index (χ2v) is 6.58. The van der Waals surface area contributed by atoms with Crippen molar-refractivity contribution >= 4 is 17.5 Å². The fourth-order valence-corrected chi connectivity index (χ4v) is 3.28. The van der Waals surface area contributed by atoms with Gasteiger partial charge < -0.3 is 19.7 Å². The van der Waals surface area contributed by atoms with Crippen LogP contribution in [-0.4, -0.2) is 41.0 Å². The maximum Gasteiger partial charge on any atom is 0.231 e. The van der Waals surface area contributed by atoms with E-state index in [4.69, 9.17) is 9.47 Å². The molecule has 0 aliphatic carbocycles. The number of amides is 2. The molecule has 3 heterocycles. The van der Waals surface area contributed by atoms with Crippen molar-refractivity contribution in [3.8, 4) is 11.5 Å². The minimum Gasteiger partial charge on any atom is -0.454 e. The average molecular weight is 356 g/mol. The summed E-state index contributed by atoms with van der Waals surface area (Å²) in [4.78, 5) is 26.6. The van der Waals surface area contributed by atoms with Gasteiger partial charge in [-0.05, 0) is 25.1 Å². The number of hydrogen-bond acceptors (Lipinski definition) is 5. The molecule has 1 saturated heterocycles. The number of anilines is 1. The third kappa shape index (κ3) is 3.22. The van der Waals surface area contributed by atoms with E-state index in [2.05, 4.69) is 10.4 Å². The van der Waals surface area contributed by atoms with Crippen LogP contribution in [0.15, 0.2) is 36.7 Å². The van der Waals surface area contributed by atoms with Gasteiger partial charge in [0.1, 0.15) is 0 Å². The Morgan fingerprint density at radius 1 is 1.38 bits per heavy atom. The molecule has 2 atom stereocenters. The Labute approximate surface area is 150 Å². The van der Waals surface area contributed by atoms with Gasteiger partial charge in [0.2, 0.25) is 18.6 Å². The van der Waals surface area contributed by atoms with Gasteiger partial charge in [-0.3, -0.25) is 14.3 Å². The molecule has 0 bridgehead atoms. The number of aromatic nitrogens is 2. The molecule has 8 nitrogen and oxygen atoms in total. The third-order valence-electron chi connectivity index (χ3n) is 4.57. The van der Waals surface area contributed by atoms with Crippen molar-refractivity contribution in [2.24, 2.45) is 5.92 Å². The van der Waals surface area contributed by atoms with Gasteiger partial charge in [-0.2, -0.15) is 5.10 Å². The summed E-state index contributed by atoms with van der Waals surface area (Å²) in [6.07, 6.45) is 3.76. The molecule has 2 aliphatic rings. The van der Waals surface area contributed by atoms with Gasteiger partial charge in [-0.15, -0.1) is 0 Å². The highest BCUT2D eigenvalue weighted by Crippen LogP contribution is 2.37. The van der Waals surface area contributed by atoms with Crippen LogP contribution >= 0.6 is 0 Å². The predicted octanol–water partition coefficient (Wildman–Crippen LogP) is 1.17. The standard InChI is InChI=1S/C18H20N4O4/c1-12(9-21-6-2-5-19-21)20-18(24)13-7-17(23)22(10-13)14-3-4-15-16(8-14)26-11-25-15/h2-6,8,12-13H,7,9-11H2,1H3,(H,20,24). The quantitative estimate of drug-likeness (QED) is 0.869. The lowest BCUT2D eigenvalue weighted by Gasteiger charge is -2.19. The zero-order chi connectivity index (χ0) is 18.1. The number of benzene rings is 1. The van der Waals surface area contributed by atoms with E-state index in [1.54, 1.807) is 27.9 Å². The van der Waals surface area contributed by atoms with Crippen LogP contribution < -0.4 is 19.7 Å². The normalized spacial score (nSPS) is 19.7. The molecule has 1 N–H and O–H groups in total. The number of hydrogen-bond donors (Lipinski definition) is 1. The van der Waals surface area contributed by atoms with Gasteiger partial charge in [0.25, 0.3) is 0 Å². The van der Waals surface area contributed by atoms with Crippen molar-refractivity contribution in [3.63, 3.8) is 0 Å². The van der Waals surface area contributed by atoms with Crippen molar-refractivity contribution in [2.45, 2.75) is 25.9 Å². The highest BCUT2D eigenvalue weighted by Gasteiger charge is 2.36. The van der Waals surface area contributed by atoms with Crippen LogP contribution in [0.5, 0.6) is 11.5 Å². The summed E-state index contributed by atoms with van der Waals surface area (Å²) in [6, 6.07) is 7.14. The van der Waals surface area contributed by atoms with Gasteiger partial charge in [0.15, 0.2) is 11.5 Å². The first-order valence-electron chi connectivity index (χ1n) is 8.58. The van der Waals surface area contributed by atoms with Crippen molar-refractivity contribution in [2.75, 3.05) is 18.2 Å². The smallest absolute Gasteiger partial charge is 0.231 e. The monoisotopic (exact) mass is 356 g/mol. The topological polar surface area (TPSA) is 85.7 Å². The van der Waals surface area contributed by atoms with Crippen molar-refractivity contribution in [1.82, 2.24) is 15.1 Å². The summed E-state index contributed by atoms with van der Waals surface area (Å²) in [7, 11) is 0. The Hall–Kier alpha value is -3.03. The Morgan fingerprint density at radius 3 is 3.04 bits per heavy atom. The molecule has 8 heteroatoms. The summed E-state index contributed by atoms with van der Waals surface area (Å²) in [5.74, 6) is 0.746. The molecule has 136 valence electrons. The van der Waals surface area contributed by atoms with Gasteiger partial charge in [-0.1, -0.05) is 0 Å². The van der Waals surface area contributed by atoms with Crippen molar-refractivity contribution < 1.29 is 19.1 Å². The van der Waals surface area contributed by atoms with E-state index < -0.39 is 0 Å². The Morgan fingerprint density at radius 2 is 2.23 bits per heavy atom. The van der Waals surface area contributed by atoms with E-state index in [1.165, 1.54) is 0 Å². The van der Waals surface area contributed by atoms with Crippen LogP contribution in [0.25, 0.3) is 0 Å². The number of ether oxygens (including phenoxy) is 2. The SMILES string of the molecule is CC(Cn1cccn1)NC(=O)C1CC(=O)N(c2ccc3c(c2)OCO3)C1. The summed E-state index contributed by atoms with van der Waals surface area (Å²) in [5, 5.41) is 7.11. The molecule has 0 saturated carbocycles.